The molecular formula is C18H21ClN2O. The number of fused-ring (bicyclic) bond motifs is 1. The van der Waals surface area contributed by atoms with Gasteiger partial charge in [0.15, 0.2) is 0 Å². The molecule has 4 rings (SSSR count). The number of hydrogen-bond acceptors (Lipinski definition) is 3. The van der Waals surface area contributed by atoms with Crippen LogP contribution in [0.3, 0.4) is 0 Å². The SMILES string of the molecule is Clc1nc(N2CCC(C3CCCO3)CC2)cc2ccccc12. The predicted octanol–water partition coefficient (Wildman–Crippen LogP) is 4.28. The summed E-state index contributed by atoms with van der Waals surface area (Å²) in [5.41, 5.74) is 0. The number of nitrogens with zero attached hydrogens (tertiary/aromatic N) is 2. The Balaban J connectivity index is 1.51. The van der Waals surface area contributed by atoms with Gasteiger partial charge >= 0.3 is 0 Å². The van der Waals surface area contributed by atoms with Gasteiger partial charge in [-0.3, -0.25) is 0 Å². The highest BCUT2D eigenvalue weighted by Crippen LogP contribution is 2.32. The third-order valence-electron chi connectivity index (χ3n) is 5.03. The number of pyridine rings is 1. The van der Waals surface area contributed by atoms with Crippen LogP contribution < -0.4 is 4.90 Å². The fourth-order valence-electron chi connectivity index (χ4n) is 3.78. The monoisotopic (exact) mass is 316 g/mol. The molecule has 1 unspecified atom stereocenters. The van der Waals surface area contributed by atoms with Gasteiger partial charge in [-0.15, -0.1) is 0 Å². The van der Waals surface area contributed by atoms with Crippen molar-refractivity contribution in [3.05, 3.63) is 35.5 Å². The molecule has 1 aromatic heterocycles. The topological polar surface area (TPSA) is 25.4 Å². The quantitative estimate of drug-likeness (QED) is 0.773. The summed E-state index contributed by atoms with van der Waals surface area (Å²) in [5.74, 6) is 1.73. The average molecular weight is 317 g/mol. The molecule has 2 aliphatic rings. The molecule has 2 aromatic rings. The van der Waals surface area contributed by atoms with E-state index in [1.54, 1.807) is 0 Å². The molecule has 116 valence electrons. The standard InChI is InChI=1S/C18H21ClN2O/c19-18-15-5-2-1-4-14(15)12-17(20-18)21-9-7-13(8-10-21)16-6-3-11-22-16/h1-2,4-5,12-13,16H,3,6-11H2. The van der Waals surface area contributed by atoms with Gasteiger partial charge in [-0.1, -0.05) is 35.9 Å². The third-order valence-corrected chi connectivity index (χ3v) is 5.32. The Bertz CT molecular complexity index is 661. The maximum Gasteiger partial charge on any atom is 0.139 e. The van der Waals surface area contributed by atoms with Gasteiger partial charge in [0.1, 0.15) is 11.0 Å². The number of ether oxygens (including phenoxy) is 1. The van der Waals surface area contributed by atoms with E-state index < -0.39 is 0 Å². The number of rotatable bonds is 2. The molecule has 1 atom stereocenters. The van der Waals surface area contributed by atoms with Crippen molar-refractivity contribution in [2.45, 2.75) is 31.8 Å². The Morgan fingerprint density at radius 3 is 2.73 bits per heavy atom. The minimum absolute atomic E-state index is 0.496. The van der Waals surface area contributed by atoms with Crippen LogP contribution in [0.1, 0.15) is 25.7 Å². The van der Waals surface area contributed by atoms with Crippen LogP contribution in [-0.4, -0.2) is 30.8 Å². The summed E-state index contributed by atoms with van der Waals surface area (Å²) in [6.07, 6.45) is 5.35. The number of benzene rings is 1. The number of anilines is 1. The minimum Gasteiger partial charge on any atom is -0.378 e. The van der Waals surface area contributed by atoms with Crippen molar-refractivity contribution in [1.29, 1.82) is 0 Å². The molecule has 2 saturated heterocycles. The lowest BCUT2D eigenvalue weighted by Crippen LogP contribution is -2.38. The van der Waals surface area contributed by atoms with Crippen LogP contribution in [0.25, 0.3) is 10.8 Å². The Hall–Kier alpha value is -1.32. The summed E-state index contributed by atoms with van der Waals surface area (Å²) in [7, 11) is 0. The molecule has 0 amide bonds. The third kappa shape index (κ3) is 2.68. The Labute approximate surface area is 136 Å². The van der Waals surface area contributed by atoms with Crippen LogP contribution in [0.5, 0.6) is 0 Å². The van der Waals surface area contributed by atoms with Gasteiger partial charge in [-0.2, -0.15) is 0 Å². The molecule has 3 nitrogen and oxygen atoms in total. The zero-order valence-corrected chi connectivity index (χ0v) is 13.4. The summed E-state index contributed by atoms with van der Waals surface area (Å²) in [4.78, 5) is 6.97. The molecule has 4 heteroatoms. The van der Waals surface area contributed by atoms with Crippen LogP contribution in [0.15, 0.2) is 30.3 Å². The van der Waals surface area contributed by atoms with Crippen molar-refractivity contribution in [2.24, 2.45) is 5.92 Å². The normalized spacial score (nSPS) is 23.3. The first-order valence-corrected chi connectivity index (χ1v) is 8.61. The first kappa shape index (κ1) is 14.3. The highest BCUT2D eigenvalue weighted by Gasteiger charge is 2.29. The fourth-order valence-corrected chi connectivity index (χ4v) is 4.04. The lowest BCUT2D eigenvalue weighted by atomic mass is 9.90. The average Bonchev–Trinajstić information content (AvgIpc) is 3.09. The van der Waals surface area contributed by atoms with E-state index in [1.807, 2.05) is 18.2 Å². The van der Waals surface area contributed by atoms with E-state index in [1.165, 1.54) is 31.1 Å². The summed E-state index contributed by atoms with van der Waals surface area (Å²) >= 11 is 6.36. The van der Waals surface area contributed by atoms with Gasteiger partial charge in [0.25, 0.3) is 0 Å². The van der Waals surface area contributed by atoms with Crippen molar-refractivity contribution in [2.75, 3.05) is 24.6 Å². The van der Waals surface area contributed by atoms with Gasteiger partial charge in [0.2, 0.25) is 0 Å². The molecule has 0 saturated carbocycles. The van der Waals surface area contributed by atoms with E-state index in [2.05, 4.69) is 22.0 Å². The molecule has 0 aliphatic carbocycles. The van der Waals surface area contributed by atoms with E-state index in [-0.39, 0.29) is 0 Å². The fraction of sp³-hybridized carbons (Fsp3) is 0.500. The lowest BCUT2D eigenvalue weighted by molar-refractivity contribution is 0.0531. The molecule has 2 fully saturated rings. The Kier molecular flexibility index (Phi) is 3.93. The van der Waals surface area contributed by atoms with Crippen molar-refractivity contribution < 1.29 is 4.74 Å². The summed E-state index contributed by atoms with van der Waals surface area (Å²) in [6.45, 7) is 3.05. The molecule has 0 bridgehead atoms. The second-order valence-electron chi connectivity index (χ2n) is 6.37. The summed E-state index contributed by atoms with van der Waals surface area (Å²) in [5, 5.41) is 2.80. The lowest BCUT2D eigenvalue weighted by Gasteiger charge is -2.35. The number of hydrogen-bond donors (Lipinski definition) is 0. The van der Waals surface area contributed by atoms with Crippen LogP contribution in [0.4, 0.5) is 5.82 Å². The van der Waals surface area contributed by atoms with Crippen LogP contribution in [0, 0.1) is 5.92 Å². The van der Waals surface area contributed by atoms with Crippen molar-refractivity contribution in [3.63, 3.8) is 0 Å². The van der Waals surface area contributed by atoms with Crippen LogP contribution in [-0.2, 0) is 4.74 Å². The largest absolute Gasteiger partial charge is 0.378 e. The van der Waals surface area contributed by atoms with Crippen LogP contribution in [0.2, 0.25) is 5.15 Å². The molecule has 0 radical (unpaired) electrons. The number of piperidine rings is 1. The van der Waals surface area contributed by atoms with E-state index in [9.17, 15) is 0 Å². The second kappa shape index (κ2) is 6.05. The smallest absolute Gasteiger partial charge is 0.139 e. The highest BCUT2D eigenvalue weighted by atomic mass is 35.5. The highest BCUT2D eigenvalue weighted by molar-refractivity contribution is 6.34. The zero-order chi connectivity index (χ0) is 14.9. The second-order valence-corrected chi connectivity index (χ2v) is 6.73. The van der Waals surface area contributed by atoms with E-state index >= 15 is 0 Å². The predicted molar refractivity (Wildman–Crippen MR) is 90.7 cm³/mol. The molecule has 1 aromatic carbocycles. The Morgan fingerprint density at radius 1 is 1.14 bits per heavy atom. The first-order chi connectivity index (χ1) is 10.8. The van der Waals surface area contributed by atoms with E-state index in [0.717, 1.165) is 36.8 Å². The van der Waals surface area contributed by atoms with Crippen molar-refractivity contribution in [1.82, 2.24) is 4.98 Å². The van der Waals surface area contributed by atoms with Gasteiger partial charge in [-0.05, 0) is 43.1 Å². The molecule has 2 aliphatic heterocycles. The van der Waals surface area contributed by atoms with E-state index in [0.29, 0.717) is 11.3 Å². The van der Waals surface area contributed by atoms with Crippen molar-refractivity contribution in [3.8, 4) is 0 Å². The first-order valence-electron chi connectivity index (χ1n) is 8.23. The van der Waals surface area contributed by atoms with E-state index in [4.69, 9.17) is 16.3 Å². The van der Waals surface area contributed by atoms with Gasteiger partial charge in [-0.25, -0.2) is 4.98 Å². The number of halogens is 1. The minimum atomic E-state index is 0.496. The van der Waals surface area contributed by atoms with Crippen molar-refractivity contribution >= 4 is 28.2 Å². The van der Waals surface area contributed by atoms with Gasteiger partial charge in [0, 0.05) is 25.1 Å². The zero-order valence-electron chi connectivity index (χ0n) is 12.7. The number of aromatic nitrogens is 1. The summed E-state index contributed by atoms with van der Waals surface area (Å²) in [6, 6.07) is 10.3. The molecular weight excluding hydrogens is 296 g/mol. The molecule has 0 N–H and O–H groups in total. The van der Waals surface area contributed by atoms with Gasteiger partial charge in [0.05, 0.1) is 6.10 Å². The Morgan fingerprint density at radius 2 is 1.95 bits per heavy atom. The molecule has 22 heavy (non-hydrogen) atoms. The van der Waals surface area contributed by atoms with Crippen LogP contribution >= 0.6 is 11.6 Å². The molecule has 0 spiro atoms. The maximum atomic E-state index is 6.36. The molecule has 3 heterocycles. The van der Waals surface area contributed by atoms with Gasteiger partial charge < -0.3 is 9.64 Å². The maximum absolute atomic E-state index is 6.36. The summed E-state index contributed by atoms with van der Waals surface area (Å²) < 4.78 is 5.85.